The maximum absolute atomic E-state index is 12.2. The molecule has 0 aliphatic heterocycles. The summed E-state index contributed by atoms with van der Waals surface area (Å²) in [7, 11) is 1.88. The SMILES string of the molecule is Cc1cccc(C)c1NC(=O)C[NH+](C)[C@@H](C)C(=O)NC1CC1. The Morgan fingerprint density at radius 1 is 1.27 bits per heavy atom. The second-order valence-corrected chi connectivity index (χ2v) is 6.34. The van der Waals surface area contributed by atoms with Gasteiger partial charge >= 0.3 is 0 Å². The van der Waals surface area contributed by atoms with E-state index < -0.39 is 0 Å². The van der Waals surface area contributed by atoms with Crippen LogP contribution in [-0.2, 0) is 9.59 Å². The molecule has 1 fully saturated rings. The van der Waals surface area contributed by atoms with Crippen molar-refractivity contribution in [3.8, 4) is 0 Å². The molecule has 1 aliphatic carbocycles. The lowest BCUT2D eigenvalue weighted by molar-refractivity contribution is -0.885. The number of benzene rings is 1. The third-order valence-electron chi connectivity index (χ3n) is 4.24. The van der Waals surface area contributed by atoms with Gasteiger partial charge in [-0.25, -0.2) is 0 Å². The summed E-state index contributed by atoms with van der Waals surface area (Å²) in [4.78, 5) is 25.1. The normalized spacial score (nSPS) is 16.7. The minimum atomic E-state index is -0.232. The summed E-state index contributed by atoms with van der Waals surface area (Å²) in [5.74, 6) is -0.0409. The summed E-state index contributed by atoms with van der Waals surface area (Å²) < 4.78 is 0. The van der Waals surface area contributed by atoms with Crippen LogP contribution in [0, 0.1) is 13.8 Å². The number of likely N-dealkylation sites (N-methyl/N-ethyl adjacent to an activating group) is 1. The quantitative estimate of drug-likeness (QED) is 0.713. The number of amides is 2. The summed E-state index contributed by atoms with van der Waals surface area (Å²) in [5, 5.41) is 5.95. The largest absolute Gasteiger partial charge is 0.348 e. The van der Waals surface area contributed by atoms with E-state index in [4.69, 9.17) is 0 Å². The Bertz CT molecular complexity index is 547. The molecule has 3 N–H and O–H groups in total. The first-order valence-electron chi connectivity index (χ1n) is 7.87. The van der Waals surface area contributed by atoms with Crippen molar-refractivity contribution in [3.05, 3.63) is 29.3 Å². The highest BCUT2D eigenvalue weighted by Crippen LogP contribution is 2.19. The van der Waals surface area contributed by atoms with Gasteiger partial charge in [0.2, 0.25) is 0 Å². The number of carbonyl (C=O) groups is 2. The Morgan fingerprint density at radius 2 is 1.86 bits per heavy atom. The predicted molar refractivity (Wildman–Crippen MR) is 86.9 cm³/mol. The second-order valence-electron chi connectivity index (χ2n) is 6.34. The fraction of sp³-hybridized carbons (Fsp3) is 0.529. The minimum Gasteiger partial charge on any atom is -0.348 e. The third-order valence-corrected chi connectivity index (χ3v) is 4.24. The van der Waals surface area contributed by atoms with Crippen LogP contribution in [0.25, 0.3) is 0 Å². The Hall–Kier alpha value is -1.88. The topological polar surface area (TPSA) is 62.6 Å². The van der Waals surface area contributed by atoms with E-state index in [0.717, 1.165) is 34.6 Å². The van der Waals surface area contributed by atoms with Gasteiger partial charge in [-0.1, -0.05) is 18.2 Å². The molecule has 1 unspecified atom stereocenters. The van der Waals surface area contributed by atoms with Crippen molar-refractivity contribution >= 4 is 17.5 Å². The van der Waals surface area contributed by atoms with E-state index in [2.05, 4.69) is 10.6 Å². The number of nitrogens with one attached hydrogen (secondary N) is 3. The van der Waals surface area contributed by atoms with Crippen LogP contribution in [0.15, 0.2) is 18.2 Å². The van der Waals surface area contributed by atoms with E-state index >= 15 is 0 Å². The van der Waals surface area contributed by atoms with Crippen molar-refractivity contribution in [3.63, 3.8) is 0 Å². The lowest BCUT2D eigenvalue weighted by Crippen LogP contribution is -3.15. The fourth-order valence-electron chi connectivity index (χ4n) is 2.38. The molecule has 0 saturated heterocycles. The number of hydrogen-bond donors (Lipinski definition) is 3. The van der Waals surface area contributed by atoms with Crippen LogP contribution in [0.3, 0.4) is 0 Å². The molecule has 1 aromatic carbocycles. The zero-order chi connectivity index (χ0) is 16.3. The minimum absolute atomic E-state index is 0.0277. The lowest BCUT2D eigenvalue weighted by Gasteiger charge is -2.21. The van der Waals surface area contributed by atoms with E-state index in [-0.39, 0.29) is 24.4 Å². The molecular weight excluding hydrogens is 278 g/mol. The van der Waals surface area contributed by atoms with Gasteiger partial charge in [0.1, 0.15) is 0 Å². The molecule has 22 heavy (non-hydrogen) atoms. The predicted octanol–water partition coefficient (Wildman–Crippen LogP) is 0.424. The second kappa shape index (κ2) is 6.92. The molecule has 5 heteroatoms. The molecule has 120 valence electrons. The molecule has 1 aromatic rings. The molecular formula is C17H26N3O2+. The summed E-state index contributed by atoms with van der Waals surface area (Å²) >= 11 is 0. The van der Waals surface area contributed by atoms with Gasteiger partial charge in [-0.3, -0.25) is 9.59 Å². The van der Waals surface area contributed by atoms with Crippen LogP contribution in [0.1, 0.15) is 30.9 Å². The summed E-state index contributed by atoms with van der Waals surface area (Å²) in [6, 6.07) is 6.05. The van der Waals surface area contributed by atoms with Crippen molar-refractivity contribution in [2.75, 3.05) is 18.9 Å². The average Bonchev–Trinajstić information content (AvgIpc) is 3.26. The maximum Gasteiger partial charge on any atom is 0.279 e. The number of hydrogen-bond acceptors (Lipinski definition) is 2. The van der Waals surface area contributed by atoms with Crippen molar-refractivity contribution < 1.29 is 14.5 Å². The zero-order valence-electron chi connectivity index (χ0n) is 13.8. The Balaban J connectivity index is 1.89. The summed E-state index contributed by atoms with van der Waals surface area (Å²) in [6.07, 6.45) is 2.15. The highest BCUT2D eigenvalue weighted by molar-refractivity contribution is 5.93. The van der Waals surface area contributed by atoms with E-state index in [9.17, 15) is 9.59 Å². The number of quaternary nitrogens is 1. The summed E-state index contributed by atoms with van der Waals surface area (Å²) in [6.45, 7) is 6.09. The van der Waals surface area contributed by atoms with Crippen LogP contribution in [-0.4, -0.2) is 37.5 Å². The van der Waals surface area contributed by atoms with Crippen molar-refractivity contribution in [1.82, 2.24) is 5.32 Å². The molecule has 0 radical (unpaired) electrons. The molecule has 2 amide bonds. The highest BCUT2D eigenvalue weighted by Gasteiger charge is 2.29. The van der Waals surface area contributed by atoms with E-state index in [1.807, 2.05) is 46.0 Å². The van der Waals surface area contributed by atoms with Crippen LogP contribution < -0.4 is 15.5 Å². The van der Waals surface area contributed by atoms with Crippen LogP contribution >= 0.6 is 0 Å². The van der Waals surface area contributed by atoms with Gasteiger partial charge in [0.15, 0.2) is 12.6 Å². The van der Waals surface area contributed by atoms with Gasteiger partial charge in [0, 0.05) is 11.7 Å². The first kappa shape index (κ1) is 16.5. The van der Waals surface area contributed by atoms with Crippen molar-refractivity contribution in [2.45, 2.75) is 45.7 Å². The number of para-hydroxylation sites is 1. The molecule has 1 saturated carbocycles. The summed E-state index contributed by atoms with van der Waals surface area (Å²) in [5.41, 5.74) is 2.96. The molecule has 0 aromatic heterocycles. The number of anilines is 1. The van der Waals surface area contributed by atoms with E-state index in [1.54, 1.807) is 0 Å². The highest BCUT2D eigenvalue weighted by atomic mass is 16.2. The van der Waals surface area contributed by atoms with Gasteiger partial charge in [0.25, 0.3) is 11.8 Å². The molecule has 1 aliphatic rings. The molecule has 0 heterocycles. The Morgan fingerprint density at radius 3 is 2.41 bits per heavy atom. The monoisotopic (exact) mass is 304 g/mol. The van der Waals surface area contributed by atoms with E-state index in [0.29, 0.717) is 6.04 Å². The van der Waals surface area contributed by atoms with Gasteiger partial charge in [-0.05, 0) is 44.7 Å². The first-order chi connectivity index (χ1) is 10.4. The van der Waals surface area contributed by atoms with Crippen molar-refractivity contribution in [2.24, 2.45) is 0 Å². The standard InChI is InChI=1S/C17H25N3O2/c1-11-6-5-7-12(2)16(11)19-15(21)10-20(4)13(3)17(22)18-14-8-9-14/h5-7,13-14H,8-10H2,1-4H3,(H,18,22)(H,19,21)/p+1/t13-/m0/s1. The van der Waals surface area contributed by atoms with Crippen LogP contribution in [0.4, 0.5) is 5.69 Å². The smallest absolute Gasteiger partial charge is 0.279 e. The fourth-order valence-corrected chi connectivity index (χ4v) is 2.38. The molecule has 0 bridgehead atoms. The van der Waals surface area contributed by atoms with Crippen LogP contribution in [0.5, 0.6) is 0 Å². The number of aryl methyl sites for hydroxylation is 2. The Kier molecular flexibility index (Phi) is 5.19. The third kappa shape index (κ3) is 4.31. The van der Waals surface area contributed by atoms with Gasteiger partial charge < -0.3 is 15.5 Å². The first-order valence-corrected chi connectivity index (χ1v) is 7.87. The maximum atomic E-state index is 12.2. The number of carbonyl (C=O) groups excluding carboxylic acids is 2. The number of rotatable bonds is 6. The molecule has 2 atom stereocenters. The van der Waals surface area contributed by atoms with Gasteiger partial charge in [-0.2, -0.15) is 0 Å². The van der Waals surface area contributed by atoms with Crippen LogP contribution in [0.2, 0.25) is 0 Å². The zero-order valence-corrected chi connectivity index (χ0v) is 13.8. The Labute approximate surface area is 132 Å². The molecule has 2 rings (SSSR count). The average molecular weight is 304 g/mol. The van der Waals surface area contributed by atoms with Crippen molar-refractivity contribution in [1.29, 1.82) is 0 Å². The van der Waals surface area contributed by atoms with E-state index in [1.165, 1.54) is 0 Å². The molecule has 0 spiro atoms. The lowest BCUT2D eigenvalue weighted by atomic mass is 10.1. The van der Waals surface area contributed by atoms with Gasteiger partial charge in [-0.15, -0.1) is 0 Å². The van der Waals surface area contributed by atoms with Gasteiger partial charge in [0.05, 0.1) is 7.05 Å². The molecule has 5 nitrogen and oxygen atoms in total.